The van der Waals surface area contributed by atoms with Crippen molar-refractivity contribution in [3.05, 3.63) is 23.5 Å². The lowest BCUT2D eigenvalue weighted by molar-refractivity contribution is 0.484. The van der Waals surface area contributed by atoms with Crippen LogP contribution in [-0.4, -0.2) is 14.5 Å². The molecule has 1 aliphatic carbocycles. The number of rotatable bonds is 3. The maximum absolute atomic E-state index is 13.5. The number of halogens is 1. The number of aryl methyl sites for hydroxylation is 1. The molecule has 2 unspecified atom stereocenters. The highest BCUT2D eigenvalue weighted by Gasteiger charge is 2.23. The van der Waals surface area contributed by atoms with Gasteiger partial charge in [-0.25, -0.2) is 17.5 Å². The zero-order chi connectivity index (χ0) is 15.6. The van der Waals surface area contributed by atoms with E-state index < -0.39 is 15.8 Å². The maximum atomic E-state index is 13.5. The van der Waals surface area contributed by atoms with Crippen LogP contribution < -0.4 is 10.5 Å². The van der Waals surface area contributed by atoms with Crippen molar-refractivity contribution in [3.63, 3.8) is 0 Å². The summed E-state index contributed by atoms with van der Waals surface area (Å²) in [6, 6.07) is 2.46. The Morgan fingerprint density at radius 2 is 1.95 bits per heavy atom. The monoisotopic (exact) mass is 314 g/mol. The number of nitrogens with two attached hydrogens (primary N) is 1. The van der Waals surface area contributed by atoms with Crippen LogP contribution in [0.25, 0.3) is 0 Å². The normalized spacial score (nSPS) is 23.8. The van der Waals surface area contributed by atoms with E-state index in [4.69, 9.17) is 5.73 Å². The molecule has 0 radical (unpaired) electrons. The van der Waals surface area contributed by atoms with Crippen molar-refractivity contribution in [3.8, 4) is 0 Å². The van der Waals surface area contributed by atoms with Gasteiger partial charge in [-0.05, 0) is 49.8 Å². The van der Waals surface area contributed by atoms with E-state index in [1.807, 2.05) is 0 Å². The van der Waals surface area contributed by atoms with Crippen LogP contribution in [0, 0.1) is 18.7 Å². The Kier molecular flexibility index (Phi) is 4.88. The molecule has 21 heavy (non-hydrogen) atoms. The summed E-state index contributed by atoms with van der Waals surface area (Å²) in [6.45, 7) is 3.71. The minimum Gasteiger partial charge on any atom is -0.396 e. The van der Waals surface area contributed by atoms with Crippen LogP contribution in [0.5, 0.6) is 0 Å². The maximum Gasteiger partial charge on any atom is 0.240 e. The fourth-order valence-corrected chi connectivity index (χ4v) is 4.23. The fourth-order valence-electron chi connectivity index (χ4n) is 2.81. The number of hydrogen-bond donors (Lipinski definition) is 2. The predicted molar refractivity (Wildman–Crippen MR) is 81.9 cm³/mol. The third-order valence-corrected chi connectivity index (χ3v) is 5.65. The van der Waals surface area contributed by atoms with Crippen molar-refractivity contribution in [2.45, 2.75) is 56.9 Å². The largest absolute Gasteiger partial charge is 0.396 e. The summed E-state index contributed by atoms with van der Waals surface area (Å²) in [6.07, 6.45) is 4.88. The molecule has 1 fully saturated rings. The average molecular weight is 314 g/mol. The second-order valence-corrected chi connectivity index (χ2v) is 7.79. The first-order valence-electron chi connectivity index (χ1n) is 7.37. The second-order valence-electron chi connectivity index (χ2n) is 6.08. The quantitative estimate of drug-likeness (QED) is 0.665. The molecule has 2 rings (SSSR count). The van der Waals surface area contributed by atoms with Gasteiger partial charge >= 0.3 is 0 Å². The molecule has 1 saturated carbocycles. The topological polar surface area (TPSA) is 72.2 Å². The molecule has 0 aliphatic heterocycles. The zero-order valence-corrected chi connectivity index (χ0v) is 13.3. The molecule has 1 aromatic carbocycles. The van der Waals surface area contributed by atoms with Gasteiger partial charge in [-0.15, -0.1) is 0 Å². The van der Waals surface area contributed by atoms with Crippen LogP contribution in [0.15, 0.2) is 17.0 Å². The van der Waals surface area contributed by atoms with E-state index in [9.17, 15) is 12.8 Å². The molecular formula is C15H23FN2O2S. The lowest BCUT2D eigenvalue weighted by Crippen LogP contribution is -2.34. The summed E-state index contributed by atoms with van der Waals surface area (Å²) in [7, 11) is -3.65. The molecule has 4 nitrogen and oxygen atoms in total. The lowest BCUT2D eigenvalue weighted by atomic mass is 10.0. The molecule has 2 atom stereocenters. The number of anilines is 1. The molecular weight excluding hydrogens is 291 g/mol. The van der Waals surface area contributed by atoms with Crippen molar-refractivity contribution < 1.29 is 12.8 Å². The number of nitrogen functional groups attached to an aromatic ring is 1. The highest BCUT2D eigenvalue weighted by molar-refractivity contribution is 7.89. The number of benzene rings is 1. The SMILES string of the molecule is Cc1cc(S(=O)(=O)NC2CCCC(C)CC2)cc(N)c1F. The van der Waals surface area contributed by atoms with E-state index >= 15 is 0 Å². The number of sulfonamides is 1. The lowest BCUT2D eigenvalue weighted by Gasteiger charge is -2.17. The Hall–Kier alpha value is -1.14. The van der Waals surface area contributed by atoms with E-state index in [-0.39, 0.29) is 22.2 Å². The molecule has 3 N–H and O–H groups in total. The first-order chi connectivity index (χ1) is 9.79. The summed E-state index contributed by atoms with van der Waals surface area (Å²) in [4.78, 5) is 0.0381. The van der Waals surface area contributed by atoms with Gasteiger partial charge in [0.25, 0.3) is 0 Å². The van der Waals surface area contributed by atoms with Crippen LogP contribution in [-0.2, 0) is 10.0 Å². The first kappa shape index (κ1) is 16.2. The van der Waals surface area contributed by atoms with Crippen molar-refractivity contribution in [2.75, 3.05) is 5.73 Å². The van der Waals surface area contributed by atoms with Gasteiger partial charge in [-0.3, -0.25) is 0 Å². The van der Waals surface area contributed by atoms with Crippen LogP contribution >= 0.6 is 0 Å². The Labute approximate surface area is 126 Å². The Bertz CT molecular complexity index is 593. The summed E-state index contributed by atoms with van der Waals surface area (Å²) in [5.41, 5.74) is 5.63. The van der Waals surface area contributed by atoms with Gasteiger partial charge in [0.2, 0.25) is 10.0 Å². The third-order valence-electron chi connectivity index (χ3n) is 4.15. The number of hydrogen-bond acceptors (Lipinski definition) is 3. The van der Waals surface area contributed by atoms with Gasteiger partial charge in [0, 0.05) is 6.04 Å². The van der Waals surface area contributed by atoms with Crippen LogP contribution in [0.1, 0.15) is 44.6 Å². The summed E-state index contributed by atoms with van der Waals surface area (Å²) in [5.74, 6) is 0.0838. The molecule has 0 bridgehead atoms. The molecule has 0 heterocycles. The predicted octanol–water partition coefficient (Wildman–Crippen LogP) is 2.96. The van der Waals surface area contributed by atoms with Crippen molar-refractivity contribution in [1.82, 2.24) is 4.72 Å². The van der Waals surface area contributed by atoms with Crippen molar-refractivity contribution >= 4 is 15.7 Å². The Morgan fingerprint density at radius 1 is 1.24 bits per heavy atom. The fraction of sp³-hybridized carbons (Fsp3) is 0.600. The summed E-state index contributed by atoms with van der Waals surface area (Å²) < 4.78 is 41.1. The molecule has 0 aromatic heterocycles. The van der Waals surface area contributed by atoms with Crippen LogP contribution in [0.2, 0.25) is 0 Å². The minimum absolute atomic E-state index is 0.0381. The molecule has 1 aromatic rings. The summed E-state index contributed by atoms with van der Waals surface area (Å²) >= 11 is 0. The third kappa shape index (κ3) is 3.95. The molecule has 118 valence electrons. The Balaban J connectivity index is 2.18. The van der Waals surface area contributed by atoms with E-state index in [1.54, 1.807) is 0 Å². The standard InChI is InChI=1S/C15H23FN2O2S/c1-10-4-3-5-12(7-6-10)18-21(19,20)13-8-11(2)15(16)14(17)9-13/h8-10,12,18H,3-7,17H2,1-2H3. The highest BCUT2D eigenvalue weighted by atomic mass is 32.2. The second kappa shape index (κ2) is 6.32. The van der Waals surface area contributed by atoms with Crippen LogP contribution in [0.4, 0.5) is 10.1 Å². The zero-order valence-electron chi connectivity index (χ0n) is 12.5. The van der Waals surface area contributed by atoms with Gasteiger partial charge in [0.1, 0.15) is 5.82 Å². The molecule has 0 spiro atoms. The smallest absolute Gasteiger partial charge is 0.240 e. The van der Waals surface area contributed by atoms with Crippen molar-refractivity contribution in [1.29, 1.82) is 0 Å². The van der Waals surface area contributed by atoms with Crippen LogP contribution in [0.3, 0.4) is 0 Å². The van der Waals surface area contributed by atoms with Gasteiger partial charge in [0.05, 0.1) is 10.6 Å². The molecule has 1 aliphatic rings. The van der Waals surface area contributed by atoms with E-state index in [1.165, 1.54) is 19.1 Å². The van der Waals surface area contributed by atoms with Gasteiger partial charge in [-0.1, -0.05) is 19.8 Å². The van der Waals surface area contributed by atoms with Gasteiger partial charge < -0.3 is 5.73 Å². The first-order valence-corrected chi connectivity index (χ1v) is 8.86. The van der Waals surface area contributed by atoms with E-state index in [2.05, 4.69) is 11.6 Å². The molecule has 0 amide bonds. The van der Waals surface area contributed by atoms with Gasteiger partial charge in [-0.2, -0.15) is 0 Å². The summed E-state index contributed by atoms with van der Waals surface area (Å²) in [5, 5.41) is 0. The van der Waals surface area contributed by atoms with E-state index in [0.29, 0.717) is 5.92 Å². The Morgan fingerprint density at radius 3 is 2.62 bits per heavy atom. The molecule has 0 saturated heterocycles. The highest BCUT2D eigenvalue weighted by Crippen LogP contribution is 2.25. The van der Waals surface area contributed by atoms with Gasteiger partial charge in [0.15, 0.2) is 0 Å². The molecule has 6 heteroatoms. The minimum atomic E-state index is -3.65. The van der Waals surface area contributed by atoms with E-state index in [0.717, 1.165) is 32.1 Å². The van der Waals surface area contributed by atoms with Crippen molar-refractivity contribution in [2.24, 2.45) is 5.92 Å². The average Bonchev–Trinajstić information content (AvgIpc) is 2.60. The number of nitrogens with one attached hydrogen (secondary N) is 1.